The highest BCUT2D eigenvalue weighted by molar-refractivity contribution is 5.84. The minimum atomic E-state index is 0.158. The Kier molecular flexibility index (Phi) is 4.19. The van der Waals surface area contributed by atoms with Gasteiger partial charge in [-0.05, 0) is 31.4 Å². The van der Waals surface area contributed by atoms with Crippen LogP contribution in [0.3, 0.4) is 0 Å². The van der Waals surface area contributed by atoms with Crippen molar-refractivity contribution in [3.63, 3.8) is 0 Å². The van der Waals surface area contributed by atoms with Gasteiger partial charge < -0.3 is 14.4 Å². The molecule has 0 saturated carbocycles. The number of nitrogens with zero attached hydrogens (tertiary/aromatic N) is 7. The quantitative estimate of drug-likeness (QED) is 0.536. The molecule has 0 bridgehead atoms. The first-order chi connectivity index (χ1) is 14.1. The van der Waals surface area contributed by atoms with Gasteiger partial charge in [-0.3, -0.25) is 4.79 Å². The molecule has 1 saturated heterocycles. The number of amides is 1. The predicted molar refractivity (Wildman–Crippen MR) is 111 cm³/mol. The van der Waals surface area contributed by atoms with Gasteiger partial charge in [-0.15, -0.1) is 0 Å². The number of benzene rings is 1. The molecule has 1 aromatic carbocycles. The Morgan fingerprint density at radius 3 is 2.69 bits per heavy atom. The number of hydrogen-bond donors (Lipinski definition) is 0. The molecule has 1 amide bonds. The molecule has 1 aliphatic heterocycles. The van der Waals surface area contributed by atoms with Crippen LogP contribution in [0.5, 0.6) is 0 Å². The molecule has 4 aromatic rings. The van der Waals surface area contributed by atoms with Crippen LogP contribution in [0.4, 0.5) is 5.82 Å². The van der Waals surface area contributed by atoms with Crippen molar-refractivity contribution < 1.29 is 4.79 Å². The maximum Gasteiger partial charge on any atom is 0.254 e. The second-order valence-electron chi connectivity index (χ2n) is 7.53. The van der Waals surface area contributed by atoms with E-state index in [1.807, 2.05) is 30.0 Å². The van der Waals surface area contributed by atoms with Crippen molar-refractivity contribution in [2.24, 2.45) is 0 Å². The van der Waals surface area contributed by atoms with Crippen LogP contribution in [-0.4, -0.2) is 61.1 Å². The van der Waals surface area contributed by atoms with E-state index in [0.717, 1.165) is 35.8 Å². The molecule has 8 heteroatoms. The lowest BCUT2D eigenvalue weighted by Crippen LogP contribution is -2.50. The van der Waals surface area contributed by atoms with Crippen LogP contribution in [0.2, 0.25) is 0 Å². The molecule has 1 aliphatic rings. The normalized spacial score (nSPS) is 14.8. The van der Waals surface area contributed by atoms with E-state index in [1.54, 1.807) is 4.52 Å². The number of anilines is 1. The number of rotatable bonds is 3. The summed E-state index contributed by atoms with van der Waals surface area (Å²) in [5.74, 6) is 1.74. The van der Waals surface area contributed by atoms with Crippen molar-refractivity contribution >= 4 is 28.4 Å². The minimum Gasteiger partial charge on any atom is -0.353 e. The van der Waals surface area contributed by atoms with Crippen molar-refractivity contribution in [1.82, 2.24) is 29.0 Å². The first-order valence-corrected chi connectivity index (χ1v) is 9.85. The molecule has 0 aliphatic carbocycles. The Morgan fingerprint density at radius 1 is 1.07 bits per heavy atom. The molecule has 0 unspecified atom stereocenters. The van der Waals surface area contributed by atoms with Gasteiger partial charge in [0.05, 0.1) is 0 Å². The summed E-state index contributed by atoms with van der Waals surface area (Å²) < 4.78 is 3.87. The summed E-state index contributed by atoms with van der Waals surface area (Å²) in [5.41, 5.74) is 3.13. The topological polar surface area (TPSA) is 71.6 Å². The Balaban J connectivity index is 1.31. The molecule has 5 rings (SSSR count). The average Bonchev–Trinajstić information content (AvgIpc) is 3.32. The second kappa shape index (κ2) is 6.88. The molecule has 0 atom stereocenters. The van der Waals surface area contributed by atoms with Gasteiger partial charge in [0.2, 0.25) is 5.91 Å². The molecular formula is C21H23N7O. The standard InChI is InChI=1S/C21H23N7O/c1-15-11-19(28-21(24-15)22-14-23-28)25-7-9-26(10-8-25)20(29)13-27-16(2)12-17-5-3-4-6-18(17)27/h3-6,11-12,14H,7-10,13H2,1-2H3. The van der Waals surface area contributed by atoms with Gasteiger partial charge in [0, 0.05) is 49.1 Å². The Labute approximate surface area is 168 Å². The van der Waals surface area contributed by atoms with Crippen molar-refractivity contribution in [2.75, 3.05) is 31.1 Å². The lowest BCUT2D eigenvalue weighted by atomic mass is 10.2. The van der Waals surface area contributed by atoms with E-state index in [9.17, 15) is 4.79 Å². The second-order valence-corrected chi connectivity index (χ2v) is 7.53. The van der Waals surface area contributed by atoms with Crippen LogP contribution in [-0.2, 0) is 11.3 Å². The monoisotopic (exact) mass is 389 g/mol. The highest BCUT2D eigenvalue weighted by atomic mass is 16.2. The summed E-state index contributed by atoms with van der Waals surface area (Å²) in [7, 11) is 0. The van der Waals surface area contributed by atoms with Crippen LogP contribution in [0.1, 0.15) is 11.4 Å². The lowest BCUT2D eigenvalue weighted by Gasteiger charge is -2.36. The maximum atomic E-state index is 13.0. The van der Waals surface area contributed by atoms with E-state index in [2.05, 4.69) is 49.7 Å². The average molecular weight is 389 g/mol. The predicted octanol–water partition coefficient (Wildman–Crippen LogP) is 2.04. The van der Waals surface area contributed by atoms with Crippen LogP contribution in [0.15, 0.2) is 42.7 Å². The van der Waals surface area contributed by atoms with Gasteiger partial charge in [-0.1, -0.05) is 18.2 Å². The van der Waals surface area contributed by atoms with Gasteiger partial charge in [-0.2, -0.15) is 14.6 Å². The van der Waals surface area contributed by atoms with E-state index in [0.29, 0.717) is 25.4 Å². The molecule has 29 heavy (non-hydrogen) atoms. The fraction of sp³-hybridized carbons (Fsp3) is 0.333. The first-order valence-electron chi connectivity index (χ1n) is 9.85. The highest BCUT2D eigenvalue weighted by Gasteiger charge is 2.24. The number of hydrogen-bond acceptors (Lipinski definition) is 5. The summed E-state index contributed by atoms with van der Waals surface area (Å²) in [6, 6.07) is 12.4. The minimum absolute atomic E-state index is 0.158. The zero-order valence-electron chi connectivity index (χ0n) is 16.6. The third-order valence-electron chi connectivity index (χ3n) is 5.63. The number of aryl methyl sites for hydroxylation is 2. The summed E-state index contributed by atoms with van der Waals surface area (Å²) in [4.78, 5) is 25.8. The zero-order valence-corrected chi connectivity index (χ0v) is 16.6. The fourth-order valence-electron chi connectivity index (χ4n) is 4.11. The van der Waals surface area contributed by atoms with Gasteiger partial charge in [0.15, 0.2) is 0 Å². The Bertz CT molecular complexity index is 1200. The third kappa shape index (κ3) is 3.10. The van der Waals surface area contributed by atoms with Gasteiger partial charge in [-0.25, -0.2) is 4.98 Å². The summed E-state index contributed by atoms with van der Waals surface area (Å²) in [6.07, 6.45) is 1.52. The molecule has 4 heterocycles. The van der Waals surface area contributed by atoms with E-state index >= 15 is 0 Å². The molecule has 0 spiro atoms. The molecule has 1 fully saturated rings. The number of carbonyl (C=O) groups excluding carboxylic acids is 1. The lowest BCUT2D eigenvalue weighted by molar-refractivity contribution is -0.132. The number of para-hydroxylation sites is 1. The van der Waals surface area contributed by atoms with Crippen LogP contribution in [0, 0.1) is 13.8 Å². The number of fused-ring (bicyclic) bond motifs is 2. The first kappa shape index (κ1) is 17.7. The van der Waals surface area contributed by atoms with Gasteiger partial charge in [0.1, 0.15) is 18.7 Å². The smallest absolute Gasteiger partial charge is 0.254 e. The molecule has 148 valence electrons. The molecule has 0 N–H and O–H groups in total. The fourth-order valence-corrected chi connectivity index (χ4v) is 4.11. The molecule has 0 radical (unpaired) electrons. The summed E-state index contributed by atoms with van der Waals surface area (Å²) in [6.45, 7) is 7.29. The van der Waals surface area contributed by atoms with E-state index in [4.69, 9.17) is 0 Å². The number of carbonyl (C=O) groups is 1. The van der Waals surface area contributed by atoms with Crippen LogP contribution < -0.4 is 4.90 Å². The van der Waals surface area contributed by atoms with Crippen molar-refractivity contribution in [1.29, 1.82) is 0 Å². The molecule has 3 aromatic heterocycles. The Morgan fingerprint density at radius 2 is 1.86 bits per heavy atom. The van der Waals surface area contributed by atoms with E-state index in [1.165, 1.54) is 11.7 Å². The van der Waals surface area contributed by atoms with Gasteiger partial charge >= 0.3 is 0 Å². The van der Waals surface area contributed by atoms with Crippen molar-refractivity contribution in [3.8, 4) is 0 Å². The maximum absolute atomic E-state index is 13.0. The third-order valence-corrected chi connectivity index (χ3v) is 5.63. The number of piperazine rings is 1. The van der Waals surface area contributed by atoms with Crippen LogP contribution in [0.25, 0.3) is 16.7 Å². The van der Waals surface area contributed by atoms with E-state index in [-0.39, 0.29) is 5.91 Å². The summed E-state index contributed by atoms with van der Waals surface area (Å²) >= 11 is 0. The highest BCUT2D eigenvalue weighted by Crippen LogP contribution is 2.21. The zero-order chi connectivity index (χ0) is 20.0. The molecular weight excluding hydrogens is 366 g/mol. The number of aromatic nitrogens is 5. The van der Waals surface area contributed by atoms with Crippen molar-refractivity contribution in [3.05, 3.63) is 54.1 Å². The Hall–Kier alpha value is -3.42. The summed E-state index contributed by atoms with van der Waals surface area (Å²) in [5, 5.41) is 5.47. The molecule has 8 nitrogen and oxygen atoms in total. The largest absolute Gasteiger partial charge is 0.353 e. The van der Waals surface area contributed by atoms with Gasteiger partial charge in [0.25, 0.3) is 5.78 Å². The SMILES string of the molecule is Cc1cc(N2CCN(C(=O)Cn3c(C)cc4ccccc43)CC2)n2ncnc2n1. The van der Waals surface area contributed by atoms with Crippen molar-refractivity contribution in [2.45, 2.75) is 20.4 Å². The van der Waals surface area contributed by atoms with Crippen LogP contribution >= 0.6 is 0 Å². The van der Waals surface area contributed by atoms with E-state index < -0.39 is 0 Å².